The van der Waals surface area contributed by atoms with E-state index in [9.17, 15) is 0 Å². The molecule has 0 radical (unpaired) electrons. The molecule has 1 aromatic carbocycles. The fraction of sp³-hybridized carbons (Fsp3) is 0.562. The van der Waals surface area contributed by atoms with Crippen LogP contribution < -0.4 is 15.4 Å². The third kappa shape index (κ3) is 1.94. The molecule has 2 N–H and O–H groups in total. The molecule has 0 saturated heterocycles. The van der Waals surface area contributed by atoms with Gasteiger partial charge in [-0.05, 0) is 43.0 Å². The molecule has 2 atom stereocenters. The Morgan fingerprint density at radius 2 is 2.05 bits per heavy atom. The van der Waals surface area contributed by atoms with Crippen LogP contribution in [0.1, 0.15) is 32.6 Å². The van der Waals surface area contributed by atoms with Crippen LogP contribution in [0.2, 0.25) is 0 Å². The van der Waals surface area contributed by atoms with Crippen molar-refractivity contribution < 1.29 is 4.74 Å². The summed E-state index contributed by atoms with van der Waals surface area (Å²) in [6.45, 7) is 3.16. The number of hydrogen-bond acceptors (Lipinski definition) is 4. The van der Waals surface area contributed by atoms with E-state index < -0.39 is 0 Å². The number of methoxy groups -OCH3 is 1. The van der Waals surface area contributed by atoms with E-state index in [0.717, 1.165) is 18.0 Å². The zero-order valence-corrected chi connectivity index (χ0v) is 12.3. The molecule has 108 valence electrons. The van der Waals surface area contributed by atoms with Crippen LogP contribution in [-0.2, 0) is 0 Å². The van der Waals surface area contributed by atoms with Gasteiger partial charge in [-0.15, -0.1) is 0 Å². The Balaban J connectivity index is 1.96. The average molecular weight is 273 g/mol. The molecule has 2 unspecified atom stereocenters. The van der Waals surface area contributed by atoms with Gasteiger partial charge in [0.1, 0.15) is 5.75 Å². The Hall–Kier alpha value is -1.71. The quantitative estimate of drug-likeness (QED) is 0.901. The number of nitrogens with two attached hydrogens (primary N) is 1. The number of rotatable bonds is 2. The first-order valence-corrected chi connectivity index (χ1v) is 7.41. The molecule has 1 fully saturated rings. The van der Waals surface area contributed by atoms with E-state index in [0.29, 0.717) is 11.9 Å². The summed E-state index contributed by atoms with van der Waals surface area (Å²) < 4.78 is 5.24. The van der Waals surface area contributed by atoms with E-state index in [4.69, 9.17) is 10.5 Å². The van der Waals surface area contributed by atoms with Crippen molar-refractivity contribution in [3.8, 4) is 5.75 Å². The molecule has 1 heterocycles. The van der Waals surface area contributed by atoms with Gasteiger partial charge in [0.15, 0.2) is 5.96 Å². The highest BCUT2D eigenvalue weighted by Crippen LogP contribution is 2.43. The predicted molar refractivity (Wildman–Crippen MR) is 82.3 cm³/mol. The summed E-state index contributed by atoms with van der Waals surface area (Å²) >= 11 is 0. The van der Waals surface area contributed by atoms with Gasteiger partial charge in [-0.25, -0.2) is 0 Å². The van der Waals surface area contributed by atoms with Gasteiger partial charge in [-0.3, -0.25) is 4.99 Å². The zero-order chi connectivity index (χ0) is 14.2. The molecule has 3 rings (SSSR count). The fourth-order valence-corrected chi connectivity index (χ4v) is 3.67. The van der Waals surface area contributed by atoms with Crippen LogP contribution in [0.15, 0.2) is 29.3 Å². The molecule has 0 aromatic heterocycles. The van der Waals surface area contributed by atoms with Gasteiger partial charge in [0.25, 0.3) is 0 Å². The summed E-state index contributed by atoms with van der Waals surface area (Å²) in [5.41, 5.74) is 7.40. The van der Waals surface area contributed by atoms with Gasteiger partial charge in [0.2, 0.25) is 0 Å². The summed E-state index contributed by atoms with van der Waals surface area (Å²) in [6, 6.07) is 8.13. The standard InChI is InChI=1S/C16H23N3O/c1-12-5-3-4-10-16(12)11-18-15(17)19(16)13-6-8-14(20-2)9-7-13/h6-9,12H,3-5,10-11H2,1-2H3,(H2,17,18). The Bertz CT molecular complexity index is 511. The van der Waals surface area contributed by atoms with Crippen molar-refractivity contribution in [2.24, 2.45) is 16.6 Å². The molecule has 2 aliphatic rings. The average Bonchev–Trinajstić information content (AvgIpc) is 2.80. The van der Waals surface area contributed by atoms with Gasteiger partial charge in [0, 0.05) is 5.69 Å². The lowest BCUT2D eigenvalue weighted by Crippen LogP contribution is -2.57. The molecule has 1 spiro atoms. The SMILES string of the molecule is COc1ccc(N2C(N)=NCC23CCCCC3C)cc1. The molecule has 1 aliphatic heterocycles. The Kier molecular flexibility index (Phi) is 3.32. The van der Waals surface area contributed by atoms with E-state index in [1.165, 1.54) is 25.7 Å². The van der Waals surface area contributed by atoms with Crippen molar-refractivity contribution in [1.82, 2.24) is 0 Å². The van der Waals surface area contributed by atoms with Crippen molar-refractivity contribution in [3.05, 3.63) is 24.3 Å². The second kappa shape index (κ2) is 5.00. The van der Waals surface area contributed by atoms with Crippen molar-refractivity contribution in [3.63, 3.8) is 0 Å². The second-order valence-corrected chi connectivity index (χ2v) is 5.96. The maximum Gasteiger partial charge on any atom is 0.196 e. The number of ether oxygens (including phenoxy) is 1. The van der Waals surface area contributed by atoms with Crippen LogP contribution in [0.4, 0.5) is 5.69 Å². The lowest BCUT2D eigenvalue weighted by molar-refractivity contribution is 0.224. The first kappa shape index (κ1) is 13.3. The van der Waals surface area contributed by atoms with Crippen molar-refractivity contribution in [1.29, 1.82) is 0 Å². The monoisotopic (exact) mass is 273 g/mol. The van der Waals surface area contributed by atoms with E-state index in [2.05, 4.69) is 28.9 Å². The summed E-state index contributed by atoms with van der Waals surface area (Å²) in [7, 11) is 1.69. The zero-order valence-electron chi connectivity index (χ0n) is 12.3. The fourth-order valence-electron chi connectivity index (χ4n) is 3.67. The Morgan fingerprint density at radius 1 is 1.30 bits per heavy atom. The van der Waals surface area contributed by atoms with Gasteiger partial charge in [-0.2, -0.15) is 0 Å². The molecule has 4 heteroatoms. The highest BCUT2D eigenvalue weighted by atomic mass is 16.5. The van der Waals surface area contributed by atoms with Crippen LogP contribution in [0, 0.1) is 5.92 Å². The second-order valence-electron chi connectivity index (χ2n) is 5.96. The first-order valence-electron chi connectivity index (χ1n) is 7.41. The Morgan fingerprint density at radius 3 is 2.70 bits per heavy atom. The topological polar surface area (TPSA) is 50.9 Å². The van der Waals surface area contributed by atoms with Crippen LogP contribution in [0.3, 0.4) is 0 Å². The number of aliphatic imine (C=N–C) groups is 1. The van der Waals surface area contributed by atoms with Crippen LogP contribution in [0.25, 0.3) is 0 Å². The molecular weight excluding hydrogens is 250 g/mol. The van der Waals surface area contributed by atoms with Crippen LogP contribution >= 0.6 is 0 Å². The number of nitrogens with zero attached hydrogens (tertiary/aromatic N) is 2. The molecule has 1 saturated carbocycles. The smallest absolute Gasteiger partial charge is 0.196 e. The molecule has 0 amide bonds. The molecule has 0 bridgehead atoms. The normalized spacial score (nSPS) is 29.6. The van der Waals surface area contributed by atoms with E-state index in [-0.39, 0.29) is 5.54 Å². The largest absolute Gasteiger partial charge is 0.497 e. The Labute approximate surface area is 120 Å². The number of anilines is 1. The van der Waals surface area contributed by atoms with Gasteiger partial charge in [0.05, 0.1) is 19.2 Å². The van der Waals surface area contributed by atoms with E-state index in [1.54, 1.807) is 7.11 Å². The summed E-state index contributed by atoms with van der Waals surface area (Å²) in [5, 5.41) is 0. The third-order valence-electron chi connectivity index (χ3n) is 4.93. The summed E-state index contributed by atoms with van der Waals surface area (Å²) in [4.78, 5) is 6.81. The summed E-state index contributed by atoms with van der Waals surface area (Å²) in [6.07, 6.45) is 5.01. The minimum absolute atomic E-state index is 0.0803. The molecule has 4 nitrogen and oxygen atoms in total. The first-order chi connectivity index (χ1) is 9.67. The maximum absolute atomic E-state index is 6.19. The molecule has 20 heavy (non-hydrogen) atoms. The molecular formula is C16H23N3O. The van der Waals surface area contributed by atoms with Crippen LogP contribution in [-0.4, -0.2) is 25.2 Å². The molecule has 1 aliphatic carbocycles. The van der Waals surface area contributed by atoms with Gasteiger partial charge < -0.3 is 15.4 Å². The van der Waals surface area contributed by atoms with Crippen molar-refractivity contribution >= 4 is 11.6 Å². The minimum atomic E-state index is 0.0803. The lowest BCUT2D eigenvalue weighted by atomic mass is 9.73. The van der Waals surface area contributed by atoms with Gasteiger partial charge >= 0.3 is 0 Å². The number of benzene rings is 1. The van der Waals surface area contributed by atoms with E-state index >= 15 is 0 Å². The lowest BCUT2D eigenvalue weighted by Gasteiger charge is -2.46. The third-order valence-corrected chi connectivity index (χ3v) is 4.93. The van der Waals surface area contributed by atoms with E-state index in [1.807, 2.05) is 12.1 Å². The predicted octanol–water partition coefficient (Wildman–Crippen LogP) is 2.78. The number of hydrogen-bond donors (Lipinski definition) is 1. The minimum Gasteiger partial charge on any atom is -0.497 e. The molecule has 1 aromatic rings. The van der Waals surface area contributed by atoms with Crippen molar-refractivity contribution in [2.75, 3.05) is 18.6 Å². The van der Waals surface area contributed by atoms with Gasteiger partial charge in [-0.1, -0.05) is 19.8 Å². The number of guanidine groups is 1. The highest BCUT2D eigenvalue weighted by molar-refractivity contribution is 5.98. The van der Waals surface area contributed by atoms with Crippen LogP contribution in [0.5, 0.6) is 5.75 Å². The van der Waals surface area contributed by atoms with Crippen molar-refractivity contribution in [2.45, 2.75) is 38.1 Å². The maximum atomic E-state index is 6.19. The summed E-state index contributed by atoms with van der Waals surface area (Å²) in [5.74, 6) is 2.14. The highest BCUT2D eigenvalue weighted by Gasteiger charge is 2.48.